The van der Waals surface area contributed by atoms with E-state index in [9.17, 15) is 22.8 Å². The number of carbonyl (C=O) groups excluding carboxylic acids is 2. The molecule has 0 spiro atoms. The van der Waals surface area contributed by atoms with Crippen LogP contribution in [0, 0.1) is 11.8 Å². The molecule has 2 aliphatic rings. The number of hydrogen-bond acceptors (Lipinski definition) is 6. The Bertz CT molecular complexity index is 1160. The van der Waals surface area contributed by atoms with Gasteiger partial charge >= 0.3 is 18.1 Å². The summed E-state index contributed by atoms with van der Waals surface area (Å²) in [5, 5.41) is 0. The van der Waals surface area contributed by atoms with Gasteiger partial charge in [-0.05, 0) is 56.9 Å². The van der Waals surface area contributed by atoms with Gasteiger partial charge in [-0.1, -0.05) is 36.4 Å². The van der Waals surface area contributed by atoms with Crippen LogP contribution in [0.3, 0.4) is 0 Å². The molecule has 0 radical (unpaired) electrons. The topological polar surface area (TPSA) is 59.1 Å². The van der Waals surface area contributed by atoms with Gasteiger partial charge in [0.05, 0.1) is 24.5 Å². The zero-order valence-corrected chi connectivity index (χ0v) is 23.0. The summed E-state index contributed by atoms with van der Waals surface area (Å²) < 4.78 is 52.0. The van der Waals surface area contributed by atoms with Crippen LogP contribution in [0.5, 0.6) is 0 Å². The Morgan fingerprint density at radius 3 is 2.21 bits per heavy atom. The van der Waals surface area contributed by atoms with Crippen LogP contribution in [0.25, 0.3) is 0 Å². The van der Waals surface area contributed by atoms with E-state index < -0.39 is 23.3 Å². The summed E-state index contributed by atoms with van der Waals surface area (Å²) in [5.41, 5.74) is 0.930. The first-order valence-electron chi connectivity index (χ1n) is 13.4. The van der Waals surface area contributed by atoms with Gasteiger partial charge in [0.2, 0.25) is 0 Å². The Hall–Kier alpha value is -3.07. The molecule has 4 rings (SSSR count). The number of benzene rings is 2. The minimum absolute atomic E-state index is 0.274. The number of esters is 2. The van der Waals surface area contributed by atoms with Gasteiger partial charge in [0.15, 0.2) is 0 Å². The summed E-state index contributed by atoms with van der Waals surface area (Å²) in [6.45, 7) is 7.88. The predicted octanol–water partition coefficient (Wildman–Crippen LogP) is 5.65. The summed E-state index contributed by atoms with van der Waals surface area (Å²) in [5.74, 6) is -1.78. The second kappa shape index (κ2) is 11.6. The lowest BCUT2D eigenvalue weighted by molar-refractivity contribution is -0.160. The Morgan fingerprint density at radius 2 is 1.62 bits per heavy atom. The van der Waals surface area contributed by atoms with Crippen LogP contribution >= 0.6 is 0 Å². The molecular formula is C30H37F3N2O4. The highest BCUT2D eigenvalue weighted by Gasteiger charge is 2.42. The zero-order chi connectivity index (χ0) is 28.4. The first-order chi connectivity index (χ1) is 18.4. The Morgan fingerprint density at radius 1 is 0.949 bits per heavy atom. The molecule has 0 N–H and O–H groups in total. The van der Waals surface area contributed by atoms with Gasteiger partial charge in [-0.15, -0.1) is 0 Å². The smallest absolute Gasteiger partial charge is 0.416 e. The average molecular weight is 547 g/mol. The summed E-state index contributed by atoms with van der Waals surface area (Å²) >= 11 is 0. The maximum Gasteiger partial charge on any atom is 0.416 e. The van der Waals surface area contributed by atoms with Gasteiger partial charge < -0.3 is 14.4 Å². The van der Waals surface area contributed by atoms with E-state index >= 15 is 0 Å². The molecule has 2 unspecified atom stereocenters. The van der Waals surface area contributed by atoms with Gasteiger partial charge in [0.1, 0.15) is 5.60 Å². The molecule has 0 saturated carbocycles. The second-order valence-electron chi connectivity index (χ2n) is 11.5. The van der Waals surface area contributed by atoms with Crippen molar-refractivity contribution in [2.24, 2.45) is 11.8 Å². The van der Waals surface area contributed by atoms with Gasteiger partial charge in [-0.2, -0.15) is 13.2 Å². The molecule has 0 aliphatic carbocycles. The van der Waals surface area contributed by atoms with Crippen molar-refractivity contribution >= 4 is 17.6 Å². The Balaban J connectivity index is 1.62. The van der Waals surface area contributed by atoms with Gasteiger partial charge in [0.25, 0.3) is 0 Å². The molecule has 0 aromatic heterocycles. The van der Waals surface area contributed by atoms with Crippen molar-refractivity contribution in [1.82, 2.24) is 4.90 Å². The second-order valence-corrected chi connectivity index (χ2v) is 11.5. The summed E-state index contributed by atoms with van der Waals surface area (Å²) in [6.07, 6.45) is -3.54. The third kappa shape index (κ3) is 7.12. The molecule has 0 bridgehead atoms. The monoisotopic (exact) mass is 546 g/mol. The van der Waals surface area contributed by atoms with E-state index in [1.165, 1.54) is 19.2 Å². The normalized spacial score (nSPS) is 21.2. The number of rotatable bonds is 6. The quantitative estimate of drug-likeness (QED) is 0.437. The fraction of sp³-hybridized carbons (Fsp3) is 0.533. The van der Waals surface area contributed by atoms with Crippen LogP contribution < -0.4 is 4.90 Å². The molecule has 2 aromatic carbocycles. The highest BCUT2D eigenvalue weighted by Crippen LogP contribution is 2.42. The fourth-order valence-electron chi connectivity index (χ4n) is 5.61. The number of hydrogen-bond donors (Lipinski definition) is 0. The highest BCUT2D eigenvalue weighted by atomic mass is 19.4. The number of alkyl halides is 3. The number of nitrogens with zero attached hydrogens (tertiary/aromatic N) is 2. The standard InChI is InChI=1S/C30H37F3N2O4/c1-29(2,3)39-27(36)21-12-14-35(15-13-21)26-16-22(30(31,32)33)10-11-23(26)24-18-34(19-25(24)28(37)38-4)17-20-8-6-5-7-9-20/h5-11,16,21,24-25H,12-15,17-19H2,1-4H3. The van der Waals surface area contributed by atoms with Crippen LogP contribution in [-0.4, -0.2) is 55.7 Å². The number of piperidine rings is 1. The molecule has 6 nitrogen and oxygen atoms in total. The maximum atomic E-state index is 13.8. The minimum Gasteiger partial charge on any atom is -0.469 e. The van der Waals surface area contributed by atoms with Crippen LogP contribution in [0.2, 0.25) is 0 Å². The predicted molar refractivity (Wildman–Crippen MR) is 142 cm³/mol. The van der Waals surface area contributed by atoms with E-state index in [2.05, 4.69) is 4.90 Å². The number of anilines is 1. The van der Waals surface area contributed by atoms with Crippen LogP contribution in [0.15, 0.2) is 48.5 Å². The van der Waals surface area contributed by atoms with Crippen molar-refractivity contribution in [3.8, 4) is 0 Å². The molecule has 2 aromatic rings. The van der Waals surface area contributed by atoms with Crippen LogP contribution in [-0.2, 0) is 31.8 Å². The SMILES string of the molecule is COC(=O)C1CN(Cc2ccccc2)CC1c1ccc(C(F)(F)F)cc1N1CCC(C(=O)OC(C)(C)C)CC1. The molecule has 2 fully saturated rings. The maximum absolute atomic E-state index is 13.8. The number of ether oxygens (including phenoxy) is 2. The van der Waals surface area contributed by atoms with E-state index in [1.54, 1.807) is 0 Å². The van der Waals surface area contributed by atoms with Gasteiger partial charge in [-0.3, -0.25) is 14.5 Å². The van der Waals surface area contributed by atoms with Crippen molar-refractivity contribution in [2.75, 3.05) is 38.2 Å². The van der Waals surface area contributed by atoms with Crippen LogP contribution in [0.4, 0.5) is 18.9 Å². The van der Waals surface area contributed by atoms with E-state index in [4.69, 9.17) is 9.47 Å². The van der Waals surface area contributed by atoms with Crippen molar-refractivity contribution in [1.29, 1.82) is 0 Å². The molecule has 2 atom stereocenters. The van der Waals surface area contributed by atoms with Crippen molar-refractivity contribution in [2.45, 2.75) is 57.9 Å². The lowest BCUT2D eigenvalue weighted by Gasteiger charge is -2.36. The van der Waals surface area contributed by atoms with E-state index in [0.717, 1.165) is 11.6 Å². The van der Waals surface area contributed by atoms with Crippen molar-refractivity contribution < 1.29 is 32.2 Å². The molecule has 9 heteroatoms. The molecule has 0 amide bonds. The van der Waals surface area contributed by atoms with E-state index in [-0.39, 0.29) is 23.8 Å². The molecule has 2 aliphatic heterocycles. The van der Waals surface area contributed by atoms with Gasteiger partial charge in [-0.25, -0.2) is 0 Å². The molecule has 39 heavy (non-hydrogen) atoms. The zero-order valence-electron chi connectivity index (χ0n) is 23.0. The van der Waals surface area contributed by atoms with E-state index in [1.807, 2.05) is 56.0 Å². The summed E-state index contributed by atoms with van der Waals surface area (Å²) in [6, 6.07) is 13.7. The highest BCUT2D eigenvalue weighted by molar-refractivity contribution is 5.76. The summed E-state index contributed by atoms with van der Waals surface area (Å²) in [7, 11) is 1.34. The first-order valence-corrected chi connectivity index (χ1v) is 13.4. The Labute approximate surface area is 228 Å². The molecule has 2 heterocycles. The lowest BCUT2D eigenvalue weighted by Crippen LogP contribution is -2.39. The number of likely N-dealkylation sites (tertiary alicyclic amines) is 1. The molecule has 212 valence electrons. The van der Waals surface area contributed by atoms with Crippen molar-refractivity contribution in [3.05, 3.63) is 65.2 Å². The largest absolute Gasteiger partial charge is 0.469 e. The number of halogens is 3. The average Bonchev–Trinajstić information content (AvgIpc) is 3.30. The summed E-state index contributed by atoms with van der Waals surface area (Å²) in [4.78, 5) is 29.5. The molecular weight excluding hydrogens is 509 g/mol. The third-order valence-electron chi connectivity index (χ3n) is 7.48. The lowest BCUT2D eigenvalue weighted by atomic mass is 9.86. The Kier molecular flexibility index (Phi) is 8.59. The fourth-order valence-corrected chi connectivity index (χ4v) is 5.61. The van der Waals surface area contributed by atoms with E-state index in [0.29, 0.717) is 56.8 Å². The van der Waals surface area contributed by atoms with Crippen molar-refractivity contribution in [3.63, 3.8) is 0 Å². The minimum atomic E-state index is -4.50. The third-order valence-corrected chi connectivity index (χ3v) is 7.48. The number of methoxy groups -OCH3 is 1. The first kappa shape index (κ1) is 28.9. The van der Waals surface area contributed by atoms with Gasteiger partial charge in [0, 0.05) is 44.3 Å². The molecule has 2 saturated heterocycles. The number of carbonyl (C=O) groups is 2. The van der Waals surface area contributed by atoms with Crippen LogP contribution in [0.1, 0.15) is 56.2 Å².